The fourth-order valence-electron chi connectivity index (χ4n) is 1.87. The third-order valence-corrected chi connectivity index (χ3v) is 3.31. The average molecular weight is 292 g/mol. The standard InChI is InChI=1S/C16H24N2O3/c1-5-14(19)17-8-9-18-15(20)10-21-16-12(3)7-6-11(2)13(16)4/h6-7H,5,8-10H2,1-4H3,(H,17,19)(H,18,20). The van der Waals surface area contributed by atoms with Gasteiger partial charge in [0.15, 0.2) is 6.61 Å². The van der Waals surface area contributed by atoms with Crippen molar-refractivity contribution in [3.05, 3.63) is 28.8 Å². The van der Waals surface area contributed by atoms with Crippen molar-refractivity contribution in [3.63, 3.8) is 0 Å². The number of carbonyl (C=O) groups is 2. The van der Waals surface area contributed by atoms with Crippen LogP contribution in [0.15, 0.2) is 12.1 Å². The molecule has 5 heteroatoms. The first kappa shape index (κ1) is 17.0. The molecule has 1 aromatic rings. The van der Waals surface area contributed by atoms with E-state index in [2.05, 4.69) is 10.6 Å². The Hall–Kier alpha value is -2.04. The molecule has 5 nitrogen and oxygen atoms in total. The molecule has 0 aliphatic rings. The second-order valence-corrected chi connectivity index (χ2v) is 5.00. The molecule has 2 amide bonds. The molecule has 1 aromatic carbocycles. The number of nitrogens with one attached hydrogen (secondary N) is 2. The summed E-state index contributed by atoms with van der Waals surface area (Å²) in [6.07, 6.45) is 0.447. The summed E-state index contributed by atoms with van der Waals surface area (Å²) >= 11 is 0. The third-order valence-electron chi connectivity index (χ3n) is 3.31. The quantitative estimate of drug-likeness (QED) is 0.751. The largest absolute Gasteiger partial charge is 0.483 e. The van der Waals surface area contributed by atoms with Crippen LogP contribution in [0.4, 0.5) is 0 Å². The van der Waals surface area contributed by atoms with Gasteiger partial charge in [0, 0.05) is 19.5 Å². The number of hydrogen-bond acceptors (Lipinski definition) is 3. The predicted molar refractivity (Wildman–Crippen MR) is 82.5 cm³/mol. The lowest BCUT2D eigenvalue weighted by Gasteiger charge is -2.14. The Morgan fingerprint density at radius 3 is 2.19 bits per heavy atom. The van der Waals surface area contributed by atoms with Crippen LogP contribution in [0.3, 0.4) is 0 Å². The van der Waals surface area contributed by atoms with Gasteiger partial charge in [-0.15, -0.1) is 0 Å². The van der Waals surface area contributed by atoms with Crippen molar-refractivity contribution in [2.45, 2.75) is 34.1 Å². The van der Waals surface area contributed by atoms with Crippen LogP contribution in [0, 0.1) is 20.8 Å². The zero-order chi connectivity index (χ0) is 15.8. The SMILES string of the molecule is CCC(=O)NCCNC(=O)COc1c(C)ccc(C)c1C. The zero-order valence-electron chi connectivity index (χ0n) is 13.2. The van der Waals surface area contributed by atoms with Gasteiger partial charge in [0.1, 0.15) is 5.75 Å². The lowest BCUT2D eigenvalue weighted by atomic mass is 10.1. The van der Waals surface area contributed by atoms with Gasteiger partial charge < -0.3 is 15.4 Å². The van der Waals surface area contributed by atoms with Gasteiger partial charge in [0.05, 0.1) is 0 Å². The van der Waals surface area contributed by atoms with Crippen LogP contribution in [0.1, 0.15) is 30.0 Å². The van der Waals surface area contributed by atoms with Crippen LogP contribution < -0.4 is 15.4 Å². The first-order valence-corrected chi connectivity index (χ1v) is 7.18. The summed E-state index contributed by atoms with van der Waals surface area (Å²) in [5.41, 5.74) is 3.21. The zero-order valence-corrected chi connectivity index (χ0v) is 13.2. The molecule has 116 valence electrons. The Labute approximate surface area is 126 Å². The summed E-state index contributed by atoms with van der Waals surface area (Å²) in [6.45, 7) is 8.55. The Morgan fingerprint density at radius 1 is 1.00 bits per heavy atom. The number of carbonyl (C=O) groups excluding carboxylic acids is 2. The molecule has 0 aliphatic heterocycles. The van der Waals surface area contributed by atoms with Crippen molar-refractivity contribution in [2.24, 2.45) is 0 Å². The highest BCUT2D eigenvalue weighted by Crippen LogP contribution is 2.25. The van der Waals surface area contributed by atoms with Crippen LogP contribution in [-0.4, -0.2) is 31.5 Å². The van der Waals surface area contributed by atoms with Crippen molar-refractivity contribution in [2.75, 3.05) is 19.7 Å². The Bertz CT molecular complexity index is 512. The van der Waals surface area contributed by atoms with E-state index in [0.29, 0.717) is 19.5 Å². The molecule has 0 unspecified atom stereocenters. The van der Waals surface area contributed by atoms with E-state index in [-0.39, 0.29) is 18.4 Å². The van der Waals surface area contributed by atoms with E-state index in [4.69, 9.17) is 4.74 Å². The third kappa shape index (κ3) is 5.45. The molecule has 1 rings (SSSR count). The minimum Gasteiger partial charge on any atom is -0.483 e. The van der Waals surface area contributed by atoms with Crippen molar-refractivity contribution >= 4 is 11.8 Å². The normalized spacial score (nSPS) is 10.1. The highest BCUT2D eigenvalue weighted by atomic mass is 16.5. The maximum absolute atomic E-state index is 11.7. The maximum atomic E-state index is 11.7. The Kier molecular flexibility index (Phi) is 6.72. The van der Waals surface area contributed by atoms with Gasteiger partial charge in [-0.2, -0.15) is 0 Å². The van der Waals surface area contributed by atoms with Gasteiger partial charge in [0.25, 0.3) is 5.91 Å². The highest BCUT2D eigenvalue weighted by molar-refractivity contribution is 5.78. The molecule has 0 saturated heterocycles. The van der Waals surface area contributed by atoms with Crippen LogP contribution in [-0.2, 0) is 9.59 Å². The monoisotopic (exact) mass is 292 g/mol. The van der Waals surface area contributed by atoms with Gasteiger partial charge in [-0.3, -0.25) is 9.59 Å². The van der Waals surface area contributed by atoms with E-state index in [1.54, 1.807) is 6.92 Å². The van der Waals surface area contributed by atoms with Gasteiger partial charge in [-0.25, -0.2) is 0 Å². The molecule has 2 N–H and O–H groups in total. The fraction of sp³-hybridized carbons (Fsp3) is 0.500. The molecular formula is C16H24N2O3. The van der Waals surface area contributed by atoms with E-state index in [9.17, 15) is 9.59 Å². The highest BCUT2D eigenvalue weighted by Gasteiger charge is 2.09. The number of hydrogen-bond donors (Lipinski definition) is 2. The van der Waals surface area contributed by atoms with Crippen molar-refractivity contribution < 1.29 is 14.3 Å². The second kappa shape index (κ2) is 8.29. The Morgan fingerprint density at radius 2 is 1.57 bits per heavy atom. The minimum absolute atomic E-state index is 0.0210. The first-order chi connectivity index (χ1) is 9.95. The topological polar surface area (TPSA) is 67.4 Å². The molecule has 0 atom stereocenters. The van der Waals surface area contributed by atoms with E-state index in [1.807, 2.05) is 32.9 Å². The van der Waals surface area contributed by atoms with Gasteiger partial charge in [-0.05, 0) is 37.5 Å². The number of aryl methyl sites for hydroxylation is 2. The van der Waals surface area contributed by atoms with E-state index < -0.39 is 0 Å². The van der Waals surface area contributed by atoms with Crippen molar-refractivity contribution in [1.82, 2.24) is 10.6 Å². The molecule has 0 saturated carbocycles. The van der Waals surface area contributed by atoms with E-state index in [1.165, 1.54) is 0 Å². The minimum atomic E-state index is -0.193. The predicted octanol–water partition coefficient (Wildman–Crippen LogP) is 1.63. The molecule has 21 heavy (non-hydrogen) atoms. The van der Waals surface area contributed by atoms with E-state index >= 15 is 0 Å². The lowest BCUT2D eigenvalue weighted by Crippen LogP contribution is -2.36. The summed E-state index contributed by atoms with van der Waals surface area (Å²) < 4.78 is 5.61. The number of benzene rings is 1. The fourth-order valence-corrected chi connectivity index (χ4v) is 1.87. The Balaban J connectivity index is 2.37. The van der Waals surface area contributed by atoms with Gasteiger partial charge in [0.2, 0.25) is 5.91 Å². The van der Waals surface area contributed by atoms with Gasteiger partial charge >= 0.3 is 0 Å². The molecule has 0 heterocycles. The molecule has 0 aromatic heterocycles. The first-order valence-electron chi connectivity index (χ1n) is 7.18. The van der Waals surface area contributed by atoms with Crippen LogP contribution >= 0.6 is 0 Å². The number of rotatable bonds is 7. The van der Waals surface area contributed by atoms with Crippen LogP contribution in [0.2, 0.25) is 0 Å². The number of amides is 2. The molecule has 0 bridgehead atoms. The van der Waals surface area contributed by atoms with Gasteiger partial charge in [-0.1, -0.05) is 19.1 Å². The summed E-state index contributed by atoms with van der Waals surface area (Å²) in [6, 6.07) is 4.02. The molecule has 0 spiro atoms. The summed E-state index contributed by atoms with van der Waals surface area (Å²) in [5, 5.41) is 5.40. The van der Waals surface area contributed by atoms with Crippen molar-refractivity contribution in [3.8, 4) is 5.75 Å². The van der Waals surface area contributed by atoms with Crippen LogP contribution in [0.25, 0.3) is 0 Å². The van der Waals surface area contributed by atoms with Crippen LogP contribution in [0.5, 0.6) is 5.75 Å². The molecular weight excluding hydrogens is 268 g/mol. The smallest absolute Gasteiger partial charge is 0.258 e. The second-order valence-electron chi connectivity index (χ2n) is 5.00. The summed E-state index contributed by atoms with van der Waals surface area (Å²) in [7, 11) is 0. The maximum Gasteiger partial charge on any atom is 0.258 e. The summed E-state index contributed by atoms with van der Waals surface area (Å²) in [5.74, 6) is 0.553. The number of ether oxygens (including phenoxy) is 1. The average Bonchev–Trinajstić information content (AvgIpc) is 2.47. The molecule has 0 fully saturated rings. The molecule has 0 radical (unpaired) electrons. The molecule has 0 aliphatic carbocycles. The summed E-state index contributed by atoms with van der Waals surface area (Å²) in [4.78, 5) is 22.7. The van der Waals surface area contributed by atoms with E-state index in [0.717, 1.165) is 22.4 Å². The van der Waals surface area contributed by atoms with Crippen molar-refractivity contribution in [1.29, 1.82) is 0 Å². The lowest BCUT2D eigenvalue weighted by molar-refractivity contribution is -0.124.